The Kier molecular flexibility index (Phi) is 10.3. The summed E-state index contributed by atoms with van der Waals surface area (Å²) in [6, 6.07) is 2.70. The van der Waals surface area contributed by atoms with Crippen LogP contribution in [0.15, 0.2) is 36.4 Å². The van der Waals surface area contributed by atoms with Gasteiger partial charge in [0.1, 0.15) is 18.3 Å². The Hall–Kier alpha value is -2.51. The Morgan fingerprint density at radius 2 is 1.44 bits per heavy atom. The molecule has 0 aliphatic carbocycles. The van der Waals surface area contributed by atoms with E-state index in [0.717, 1.165) is 12.1 Å². The van der Waals surface area contributed by atoms with Crippen LogP contribution in [0.4, 0.5) is 43.9 Å². The number of carbonyl (C=O) groups excluding carboxylic acids is 2. The van der Waals surface area contributed by atoms with Gasteiger partial charge in [0, 0.05) is 24.0 Å². The number of benzene rings is 2. The lowest BCUT2D eigenvalue weighted by Crippen LogP contribution is -2.33. The van der Waals surface area contributed by atoms with Gasteiger partial charge in [-0.2, -0.15) is 39.5 Å². The molecule has 0 radical (unpaired) electrons. The molecule has 0 saturated heterocycles. The molecular weight excluding hydrogens is 619 g/mol. The normalized spacial score (nSPS) is 13.8. The molecule has 1 unspecified atom stereocenters. The summed E-state index contributed by atoms with van der Waals surface area (Å²) in [5.41, 5.74) is -4.43. The van der Waals surface area contributed by atoms with Gasteiger partial charge in [0.2, 0.25) is 5.91 Å². The largest absolute Gasteiger partial charge is 0.417 e. The van der Waals surface area contributed by atoms with Crippen molar-refractivity contribution in [2.45, 2.75) is 37.3 Å². The molecule has 2 rings (SSSR count). The van der Waals surface area contributed by atoms with Crippen LogP contribution in [0.25, 0.3) is 5.83 Å². The van der Waals surface area contributed by atoms with Gasteiger partial charge in [-0.25, -0.2) is 4.39 Å². The van der Waals surface area contributed by atoms with E-state index in [-0.39, 0.29) is 17.2 Å². The molecule has 3 nitrogen and oxygen atoms in total. The first-order valence-corrected chi connectivity index (χ1v) is 11.5. The minimum atomic E-state index is -5.29. The van der Waals surface area contributed by atoms with Crippen LogP contribution in [-0.2, 0) is 11.0 Å². The number of rotatable bonds is 8. The van der Waals surface area contributed by atoms with Crippen molar-refractivity contribution in [3.63, 3.8) is 0 Å². The number of nitrogens with one attached hydrogen (secondary N) is 1. The molecule has 0 heterocycles. The zero-order valence-corrected chi connectivity index (χ0v) is 21.2. The summed E-state index contributed by atoms with van der Waals surface area (Å²) in [6.45, 7) is -1.72. The molecule has 0 aromatic heterocycles. The van der Waals surface area contributed by atoms with Gasteiger partial charge in [-0.1, -0.05) is 46.9 Å². The van der Waals surface area contributed by atoms with E-state index in [2.05, 4.69) is 0 Å². The molecule has 1 amide bonds. The first kappa shape index (κ1) is 32.7. The number of carbonyl (C=O) groups is 2. The van der Waals surface area contributed by atoms with Gasteiger partial charge in [-0.05, 0) is 29.8 Å². The van der Waals surface area contributed by atoms with Gasteiger partial charge in [0.05, 0.1) is 20.6 Å². The second-order valence-corrected chi connectivity index (χ2v) is 9.10. The molecule has 0 aliphatic heterocycles. The van der Waals surface area contributed by atoms with Crippen molar-refractivity contribution in [1.82, 2.24) is 5.32 Å². The molecule has 39 heavy (non-hydrogen) atoms. The molecule has 214 valence electrons. The Morgan fingerprint density at radius 1 is 0.872 bits per heavy atom. The number of ketones is 1. The van der Waals surface area contributed by atoms with Crippen LogP contribution in [0.2, 0.25) is 15.1 Å². The highest BCUT2D eigenvalue weighted by atomic mass is 35.5. The third-order valence-corrected chi connectivity index (χ3v) is 6.19. The zero-order chi connectivity index (χ0) is 29.9. The van der Waals surface area contributed by atoms with Gasteiger partial charge >= 0.3 is 18.5 Å². The molecule has 16 heteroatoms. The fourth-order valence-corrected chi connectivity index (χ4v) is 3.81. The number of Topliss-reactive ketones (excluding diaryl/α,β-unsaturated/α-hetero) is 1. The SMILES string of the molecule is O=C(CCC(=O)c1ccc(/C(F)=C/C(c2cc(Cl)c(Cl)c(Cl)c2)C(F)(F)F)cc1C(F)(F)F)NCC(F)(F)F. The summed E-state index contributed by atoms with van der Waals surface area (Å²) in [7, 11) is 0. The Morgan fingerprint density at radius 3 is 1.92 bits per heavy atom. The molecule has 0 bridgehead atoms. The van der Waals surface area contributed by atoms with Crippen LogP contribution in [0.3, 0.4) is 0 Å². The van der Waals surface area contributed by atoms with Crippen molar-refractivity contribution in [1.29, 1.82) is 0 Å². The second-order valence-electron chi connectivity index (χ2n) is 7.91. The number of amides is 1. The summed E-state index contributed by atoms with van der Waals surface area (Å²) in [4.78, 5) is 23.7. The van der Waals surface area contributed by atoms with Gasteiger partial charge in [-0.3, -0.25) is 9.59 Å². The summed E-state index contributed by atoms with van der Waals surface area (Å²) >= 11 is 17.2. The molecule has 0 spiro atoms. The first-order valence-electron chi connectivity index (χ1n) is 10.4. The topological polar surface area (TPSA) is 46.2 Å². The summed E-state index contributed by atoms with van der Waals surface area (Å²) in [5, 5.41) is 0.379. The van der Waals surface area contributed by atoms with E-state index in [4.69, 9.17) is 34.8 Å². The molecule has 0 saturated carbocycles. The van der Waals surface area contributed by atoms with Crippen LogP contribution in [0.5, 0.6) is 0 Å². The molecular formula is C23H14Cl3F10NO2. The van der Waals surface area contributed by atoms with Crippen LogP contribution in [-0.4, -0.2) is 30.6 Å². The minimum Gasteiger partial charge on any atom is -0.347 e. The van der Waals surface area contributed by atoms with Gasteiger partial charge in [0.15, 0.2) is 5.78 Å². The Balaban J connectivity index is 2.41. The predicted molar refractivity (Wildman–Crippen MR) is 123 cm³/mol. The van der Waals surface area contributed by atoms with E-state index in [1.54, 1.807) is 0 Å². The summed E-state index contributed by atoms with van der Waals surface area (Å²) in [5.74, 6) is -7.04. The molecule has 1 N–H and O–H groups in total. The number of hydrogen-bond donors (Lipinski definition) is 1. The lowest BCUT2D eigenvalue weighted by molar-refractivity contribution is -0.140. The van der Waals surface area contributed by atoms with Crippen molar-refractivity contribution < 1.29 is 53.5 Å². The summed E-state index contributed by atoms with van der Waals surface area (Å²) < 4.78 is 133. The quantitative estimate of drug-likeness (QED) is 0.179. The Bertz CT molecular complexity index is 1250. The monoisotopic (exact) mass is 631 g/mol. The van der Waals surface area contributed by atoms with E-state index in [9.17, 15) is 53.5 Å². The van der Waals surface area contributed by atoms with E-state index >= 15 is 0 Å². The van der Waals surface area contributed by atoms with Crippen molar-refractivity contribution in [3.05, 3.63) is 73.7 Å². The number of alkyl halides is 9. The van der Waals surface area contributed by atoms with Crippen LogP contribution < -0.4 is 5.32 Å². The maximum atomic E-state index is 14.9. The molecule has 0 aliphatic rings. The predicted octanol–water partition coefficient (Wildman–Crippen LogP) is 8.96. The van der Waals surface area contributed by atoms with Crippen molar-refractivity contribution >= 4 is 52.3 Å². The van der Waals surface area contributed by atoms with Gasteiger partial charge in [0.25, 0.3) is 0 Å². The van der Waals surface area contributed by atoms with Crippen LogP contribution >= 0.6 is 34.8 Å². The number of allylic oxidation sites excluding steroid dienone is 1. The fourth-order valence-electron chi connectivity index (χ4n) is 3.20. The molecule has 2 aromatic carbocycles. The van der Waals surface area contributed by atoms with E-state index in [1.807, 2.05) is 0 Å². The van der Waals surface area contributed by atoms with Crippen molar-refractivity contribution in [2.24, 2.45) is 0 Å². The van der Waals surface area contributed by atoms with E-state index < -0.39 is 93.6 Å². The second kappa shape index (κ2) is 12.3. The van der Waals surface area contributed by atoms with E-state index in [1.165, 1.54) is 5.32 Å². The average molecular weight is 633 g/mol. The third kappa shape index (κ3) is 9.28. The van der Waals surface area contributed by atoms with Gasteiger partial charge < -0.3 is 5.32 Å². The zero-order valence-electron chi connectivity index (χ0n) is 18.9. The fraction of sp³-hybridized carbons (Fsp3) is 0.304. The van der Waals surface area contributed by atoms with Crippen molar-refractivity contribution in [3.8, 4) is 0 Å². The number of halogens is 13. The van der Waals surface area contributed by atoms with Gasteiger partial charge in [-0.15, -0.1) is 0 Å². The highest BCUT2D eigenvalue weighted by Crippen LogP contribution is 2.43. The van der Waals surface area contributed by atoms with Crippen LogP contribution in [0, 0.1) is 0 Å². The highest BCUT2D eigenvalue weighted by molar-refractivity contribution is 6.48. The smallest absolute Gasteiger partial charge is 0.347 e. The first-order chi connectivity index (χ1) is 17.7. The average Bonchev–Trinajstić information content (AvgIpc) is 2.80. The molecule has 2 aromatic rings. The number of hydrogen-bond acceptors (Lipinski definition) is 2. The summed E-state index contributed by atoms with van der Waals surface area (Å²) in [6.07, 6.45) is -17.0. The van der Waals surface area contributed by atoms with Crippen LogP contribution in [0.1, 0.15) is 45.8 Å². The minimum absolute atomic E-state index is 0.0160. The maximum Gasteiger partial charge on any atom is 0.417 e. The molecule has 1 atom stereocenters. The highest BCUT2D eigenvalue weighted by Gasteiger charge is 2.41. The maximum absolute atomic E-state index is 14.9. The molecule has 0 fully saturated rings. The van der Waals surface area contributed by atoms with E-state index in [0.29, 0.717) is 12.1 Å². The lowest BCUT2D eigenvalue weighted by atomic mass is 9.94. The lowest BCUT2D eigenvalue weighted by Gasteiger charge is -2.19. The van der Waals surface area contributed by atoms with Crippen molar-refractivity contribution in [2.75, 3.05) is 6.54 Å². The Labute approximate surface area is 228 Å². The third-order valence-electron chi connectivity index (χ3n) is 5.00. The standard InChI is InChI=1S/C23H14Cl3F10NO2/c24-15-6-11(7-16(25)20(15)26)13(22(31,32)33)8-17(27)10-1-2-12(14(5-10)23(34,35)36)18(38)3-4-19(39)37-9-21(28,29)30/h1-2,5-8,13H,3-4,9H2,(H,37,39)/b17-8-.